The standard InChI is InChI=1S/C45H27N3O/c1-2-11-30(12-3-1)43-46-44(35-20-17-28-9-4-5-13-31(28)26-35)48-45(47-43)39-15-8-16-40-42(39)38-24-22-33(27-41(38)49-40)32-21-23-37-34(25-32)19-18-29-10-6-7-14-36(29)37/h1-27H/i1D,2D,3D,4D,5D,9D,11D,12D,13D,17D,20D,26D. The van der Waals surface area contributed by atoms with Crippen molar-refractivity contribution in [3.63, 3.8) is 0 Å². The Morgan fingerprint density at radius 3 is 2.04 bits per heavy atom. The second kappa shape index (κ2) is 11.0. The number of fused-ring (bicyclic) bond motifs is 7. The van der Waals surface area contributed by atoms with Gasteiger partial charge in [-0.05, 0) is 73.8 Å². The fourth-order valence-electron chi connectivity index (χ4n) is 6.36. The van der Waals surface area contributed by atoms with Gasteiger partial charge in [0.1, 0.15) is 11.2 Å². The van der Waals surface area contributed by atoms with Crippen LogP contribution in [0.25, 0.3) is 99.5 Å². The van der Waals surface area contributed by atoms with E-state index in [0.29, 0.717) is 27.5 Å². The van der Waals surface area contributed by atoms with Crippen molar-refractivity contribution in [3.05, 3.63) is 164 Å². The maximum Gasteiger partial charge on any atom is 0.164 e. The predicted molar refractivity (Wildman–Crippen MR) is 201 cm³/mol. The molecular weight excluding hydrogens is 599 g/mol. The van der Waals surface area contributed by atoms with Crippen LogP contribution in [-0.2, 0) is 0 Å². The summed E-state index contributed by atoms with van der Waals surface area (Å²) < 4.78 is 109. The molecule has 0 bridgehead atoms. The van der Waals surface area contributed by atoms with Crippen molar-refractivity contribution in [2.24, 2.45) is 0 Å². The molecule has 4 heteroatoms. The molecule has 10 aromatic rings. The molecule has 0 unspecified atom stereocenters. The van der Waals surface area contributed by atoms with Crippen LogP contribution >= 0.6 is 0 Å². The minimum atomic E-state index is -0.643. The van der Waals surface area contributed by atoms with Crippen LogP contribution in [-0.4, -0.2) is 15.0 Å². The molecule has 0 N–H and O–H groups in total. The highest BCUT2D eigenvalue weighted by molar-refractivity contribution is 6.13. The third-order valence-corrected chi connectivity index (χ3v) is 8.65. The molecule has 0 amide bonds. The lowest BCUT2D eigenvalue weighted by Gasteiger charge is -2.10. The molecule has 2 heterocycles. The molecule has 228 valence electrons. The van der Waals surface area contributed by atoms with Crippen LogP contribution in [0.2, 0.25) is 0 Å². The number of aromatic nitrogens is 3. The van der Waals surface area contributed by atoms with Crippen molar-refractivity contribution in [1.29, 1.82) is 0 Å². The summed E-state index contributed by atoms with van der Waals surface area (Å²) in [6.07, 6.45) is 0. The van der Waals surface area contributed by atoms with E-state index in [2.05, 4.69) is 52.4 Å². The van der Waals surface area contributed by atoms with E-state index in [0.717, 1.165) is 32.7 Å². The first-order valence-corrected chi connectivity index (χ1v) is 15.5. The van der Waals surface area contributed by atoms with Crippen molar-refractivity contribution < 1.29 is 20.9 Å². The molecule has 8 aromatic carbocycles. The SMILES string of the molecule is [2H]c1c([2H])c([2H])c(-c2nc(-c3c([2H])c([2H])c4c([2H])c([2H])c([2H])c([2H])c4c3[2H])nc(-c3cccc4oc5cc(-c6ccc7c(ccc8ccccc87)c6)ccc5c34)n2)c([2H])c1[2H]. The van der Waals surface area contributed by atoms with Crippen LogP contribution < -0.4 is 0 Å². The Hall–Kier alpha value is -6.65. The fraction of sp³-hybridized carbons (Fsp3) is 0. The molecule has 0 spiro atoms. The summed E-state index contributed by atoms with van der Waals surface area (Å²) in [6.45, 7) is 0. The van der Waals surface area contributed by atoms with Crippen LogP contribution in [0.1, 0.15) is 16.4 Å². The van der Waals surface area contributed by atoms with Crippen molar-refractivity contribution in [2.75, 3.05) is 0 Å². The van der Waals surface area contributed by atoms with Gasteiger partial charge in [0.2, 0.25) is 0 Å². The van der Waals surface area contributed by atoms with Gasteiger partial charge in [-0.25, -0.2) is 15.0 Å². The van der Waals surface area contributed by atoms with Crippen LogP contribution in [0.4, 0.5) is 0 Å². The van der Waals surface area contributed by atoms with Crippen LogP contribution in [0.15, 0.2) is 168 Å². The van der Waals surface area contributed by atoms with E-state index in [1.165, 1.54) is 0 Å². The van der Waals surface area contributed by atoms with E-state index in [1.54, 1.807) is 18.2 Å². The minimum Gasteiger partial charge on any atom is -0.456 e. The highest BCUT2D eigenvalue weighted by atomic mass is 16.3. The van der Waals surface area contributed by atoms with Gasteiger partial charge >= 0.3 is 0 Å². The van der Waals surface area contributed by atoms with Gasteiger partial charge in [0.25, 0.3) is 0 Å². The molecule has 0 radical (unpaired) electrons. The number of nitrogens with zero attached hydrogens (tertiary/aromatic N) is 3. The molecule has 0 saturated heterocycles. The maximum atomic E-state index is 9.21. The van der Waals surface area contributed by atoms with E-state index < -0.39 is 72.5 Å². The molecule has 0 aliphatic heterocycles. The summed E-state index contributed by atoms with van der Waals surface area (Å²) in [4.78, 5) is 13.8. The monoisotopic (exact) mass is 637 g/mol. The van der Waals surface area contributed by atoms with E-state index in [9.17, 15) is 1.37 Å². The molecule has 0 atom stereocenters. The molecule has 2 aromatic heterocycles. The summed E-state index contributed by atoms with van der Waals surface area (Å²) in [5, 5.41) is 5.15. The van der Waals surface area contributed by atoms with E-state index in [-0.39, 0.29) is 39.4 Å². The Morgan fingerprint density at radius 1 is 0.429 bits per heavy atom. The Kier molecular flexibility index (Phi) is 4.04. The molecule has 49 heavy (non-hydrogen) atoms. The first kappa shape index (κ1) is 18.0. The lowest BCUT2D eigenvalue weighted by Crippen LogP contribution is -2.00. The van der Waals surface area contributed by atoms with Crippen molar-refractivity contribution >= 4 is 54.3 Å². The number of hydrogen-bond donors (Lipinski definition) is 0. The van der Waals surface area contributed by atoms with Gasteiger partial charge < -0.3 is 4.42 Å². The third kappa shape index (κ3) is 4.65. The first-order chi connectivity index (χ1) is 29.2. The zero-order valence-corrected chi connectivity index (χ0v) is 25.4. The van der Waals surface area contributed by atoms with Gasteiger partial charge in [0.05, 0.1) is 16.4 Å². The number of benzene rings is 8. The molecular formula is C45H27N3O. The minimum absolute atomic E-state index is 0.0775. The average molecular weight is 638 g/mol. The molecule has 0 saturated carbocycles. The second-order valence-electron chi connectivity index (χ2n) is 11.5. The molecule has 0 fully saturated rings. The van der Waals surface area contributed by atoms with Crippen molar-refractivity contribution in [3.8, 4) is 45.3 Å². The highest BCUT2D eigenvalue weighted by Crippen LogP contribution is 2.39. The number of furan rings is 1. The lowest BCUT2D eigenvalue weighted by atomic mass is 9.96. The third-order valence-electron chi connectivity index (χ3n) is 8.65. The van der Waals surface area contributed by atoms with Crippen molar-refractivity contribution in [2.45, 2.75) is 0 Å². The lowest BCUT2D eigenvalue weighted by molar-refractivity contribution is 0.669. The summed E-state index contributed by atoms with van der Waals surface area (Å²) in [5.41, 5.74) is 2.51. The molecule has 0 aliphatic carbocycles. The summed E-state index contributed by atoms with van der Waals surface area (Å²) in [7, 11) is 0. The number of rotatable bonds is 4. The normalized spacial score (nSPS) is 15.1. The highest BCUT2D eigenvalue weighted by Gasteiger charge is 2.18. The maximum absolute atomic E-state index is 9.21. The van der Waals surface area contributed by atoms with Gasteiger partial charge in [-0.1, -0.05) is 133 Å². The smallest absolute Gasteiger partial charge is 0.164 e. The fourth-order valence-corrected chi connectivity index (χ4v) is 6.36. The second-order valence-corrected chi connectivity index (χ2v) is 11.5. The van der Waals surface area contributed by atoms with Gasteiger partial charge in [-0.15, -0.1) is 0 Å². The summed E-state index contributed by atoms with van der Waals surface area (Å²) >= 11 is 0. The Morgan fingerprint density at radius 2 is 1.14 bits per heavy atom. The van der Waals surface area contributed by atoms with E-state index in [4.69, 9.17) is 24.5 Å². The molecule has 0 aliphatic rings. The zero-order chi connectivity index (χ0) is 42.8. The Labute approximate surface area is 298 Å². The first-order valence-electron chi connectivity index (χ1n) is 21.5. The largest absolute Gasteiger partial charge is 0.456 e. The summed E-state index contributed by atoms with van der Waals surface area (Å²) in [6, 6.07) is 22.4. The quantitative estimate of drug-likeness (QED) is 0.180. The van der Waals surface area contributed by atoms with Crippen LogP contribution in [0.5, 0.6) is 0 Å². The predicted octanol–water partition coefficient (Wildman–Crippen LogP) is 11.9. The van der Waals surface area contributed by atoms with Gasteiger partial charge in [0, 0.05) is 27.5 Å². The molecule has 4 nitrogen and oxygen atoms in total. The Balaban J connectivity index is 1.21. The van der Waals surface area contributed by atoms with Gasteiger partial charge in [-0.2, -0.15) is 0 Å². The summed E-state index contributed by atoms with van der Waals surface area (Å²) in [5.74, 6) is -0.847. The number of hydrogen-bond acceptors (Lipinski definition) is 4. The Bertz CT molecular complexity index is 3560. The average Bonchev–Trinajstić information content (AvgIpc) is 3.65. The van der Waals surface area contributed by atoms with Gasteiger partial charge in [-0.3, -0.25) is 0 Å². The topological polar surface area (TPSA) is 51.8 Å². The van der Waals surface area contributed by atoms with Crippen LogP contribution in [0.3, 0.4) is 0 Å². The van der Waals surface area contributed by atoms with E-state index in [1.807, 2.05) is 30.3 Å². The van der Waals surface area contributed by atoms with E-state index >= 15 is 0 Å². The van der Waals surface area contributed by atoms with Crippen LogP contribution in [0, 0.1) is 0 Å². The van der Waals surface area contributed by atoms with Gasteiger partial charge in [0.15, 0.2) is 17.5 Å². The molecule has 10 rings (SSSR count). The van der Waals surface area contributed by atoms with Crippen molar-refractivity contribution in [1.82, 2.24) is 15.0 Å². The zero-order valence-electron chi connectivity index (χ0n) is 37.4.